The van der Waals surface area contributed by atoms with Gasteiger partial charge in [-0.05, 0) is 24.8 Å². The van der Waals surface area contributed by atoms with E-state index in [0.29, 0.717) is 11.5 Å². The van der Waals surface area contributed by atoms with E-state index in [1.165, 1.54) is 12.1 Å². The summed E-state index contributed by atoms with van der Waals surface area (Å²) in [6.07, 6.45) is 1.75. The van der Waals surface area contributed by atoms with Crippen LogP contribution in [0.15, 0.2) is 18.2 Å². The maximum absolute atomic E-state index is 10.7. The summed E-state index contributed by atoms with van der Waals surface area (Å²) in [4.78, 5) is 12.2. The first-order valence-corrected chi connectivity index (χ1v) is 6.20. The van der Waals surface area contributed by atoms with Crippen LogP contribution in [0.3, 0.4) is 0 Å². The fourth-order valence-corrected chi connectivity index (χ4v) is 2.36. The molecule has 0 bridgehead atoms. The zero-order valence-electron chi connectivity index (χ0n) is 10.5. The largest absolute Gasteiger partial charge is 0.396 e. The van der Waals surface area contributed by atoms with Crippen molar-refractivity contribution >= 4 is 11.4 Å². The average Bonchev–Trinajstić information content (AvgIpc) is 2.46. The quantitative estimate of drug-likeness (QED) is 0.660. The minimum Gasteiger partial charge on any atom is -0.396 e. The summed E-state index contributed by atoms with van der Waals surface area (Å²) in [5.74, 6) is 0.319. The van der Waals surface area contributed by atoms with E-state index in [0.717, 1.165) is 31.6 Å². The molecule has 1 fully saturated rings. The molecule has 0 radical (unpaired) electrons. The minimum atomic E-state index is -0.497. The maximum atomic E-state index is 10.7. The van der Waals surface area contributed by atoms with Gasteiger partial charge in [-0.2, -0.15) is 5.26 Å². The number of nitrogens with zero attached hydrogens (tertiary/aromatic N) is 3. The lowest BCUT2D eigenvalue weighted by atomic mass is 9.97. The van der Waals surface area contributed by atoms with Gasteiger partial charge in [0.1, 0.15) is 6.07 Å². The lowest BCUT2D eigenvalue weighted by Crippen LogP contribution is -2.35. The molecule has 6 nitrogen and oxygen atoms in total. The number of hydrogen-bond acceptors (Lipinski definition) is 5. The van der Waals surface area contributed by atoms with Crippen molar-refractivity contribution in [2.24, 2.45) is 5.92 Å². The van der Waals surface area contributed by atoms with Crippen molar-refractivity contribution in [1.82, 2.24) is 0 Å². The van der Waals surface area contributed by atoms with Crippen LogP contribution in [-0.2, 0) is 0 Å². The number of non-ortho nitro benzene ring substituents is 1. The van der Waals surface area contributed by atoms with E-state index < -0.39 is 4.92 Å². The van der Waals surface area contributed by atoms with Gasteiger partial charge >= 0.3 is 0 Å². The minimum absolute atomic E-state index is 0.0643. The van der Waals surface area contributed by atoms with Gasteiger partial charge in [0.2, 0.25) is 0 Å². The Kier molecular flexibility index (Phi) is 3.97. The first-order valence-electron chi connectivity index (χ1n) is 6.20. The molecule has 2 rings (SSSR count). The average molecular weight is 261 g/mol. The Balaban J connectivity index is 2.21. The molecule has 0 amide bonds. The Morgan fingerprint density at radius 2 is 2.16 bits per heavy atom. The zero-order chi connectivity index (χ0) is 13.8. The van der Waals surface area contributed by atoms with Crippen LogP contribution >= 0.6 is 0 Å². The lowest BCUT2D eigenvalue weighted by molar-refractivity contribution is -0.384. The van der Waals surface area contributed by atoms with E-state index in [1.54, 1.807) is 6.07 Å². The molecule has 0 aromatic heterocycles. The molecule has 0 atom stereocenters. The molecule has 1 aliphatic rings. The summed E-state index contributed by atoms with van der Waals surface area (Å²) in [5, 5.41) is 28.9. The van der Waals surface area contributed by atoms with Gasteiger partial charge in [0.15, 0.2) is 0 Å². The number of aliphatic hydroxyl groups excluding tert-OH is 1. The second-order valence-corrected chi connectivity index (χ2v) is 4.68. The summed E-state index contributed by atoms with van der Waals surface area (Å²) in [6.45, 7) is 1.72. The van der Waals surface area contributed by atoms with Crippen LogP contribution in [0.5, 0.6) is 0 Å². The van der Waals surface area contributed by atoms with Crippen molar-refractivity contribution in [3.63, 3.8) is 0 Å². The zero-order valence-corrected chi connectivity index (χ0v) is 10.5. The molecule has 100 valence electrons. The van der Waals surface area contributed by atoms with Gasteiger partial charge in [0.25, 0.3) is 5.69 Å². The van der Waals surface area contributed by atoms with Crippen molar-refractivity contribution in [1.29, 1.82) is 5.26 Å². The molecule has 0 aliphatic carbocycles. The smallest absolute Gasteiger partial charge is 0.270 e. The van der Waals surface area contributed by atoms with Crippen LogP contribution in [0.1, 0.15) is 18.4 Å². The fraction of sp³-hybridized carbons (Fsp3) is 0.462. The fourth-order valence-electron chi connectivity index (χ4n) is 2.36. The Hall–Kier alpha value is -2.13. The molecule has 19 heavy (non-hydrogen) atoms. The highest BCUT2D eigenvalue weighted by Gasteiger charge is 2.21. The number of hydrogen-bond donors (Lipinski definition) is 1. The molecule has 1 saturated heterocycles. The second kappa shape index (κ2) is 5.67. The second-order valence-electron chi connectivity index (χ2n) is 4.68. The van der Waals surface area contributed by atoms with Crippen LogP contribution in [0.25, 0.3) is 0 Å². The summed E-state index contributed by atoms with van der Waals surface area (Å²) < 4.78 is 0. The normalized spacial score (nSPS) is 16.1. The van der Waals surface area contributed by atoms with Crippen LogP contribution < -0.4 is 4.90 Å². The van der Waals surface area contributed by atoms with E-state index in [-0.39, 0.29) is 12.3 Å². The number of piperidine rings is 1. The molecule has 1 N–H and O–H groups in total. The Bertz CT molecular complexity index is 516. The SMILES string of the molecule is N#Cc1cc([N+](=O)[O-])ccc1N1CCC(CO)CC1. The first-order chi connectivity index (χ1) is 9.15. The van der Waals surface area contributed by atoms with Gasteiger partial charge < -0.3 is 10.0 Å². The predicted octanol–water partition coefficient (Wildman–Crippen LogP) is 1.68. The van der Waals surface area contributed by atoms with Gasteiger partial charge in [0.05, 0.1) is 16.2 Å². The van der Waals surface area contributed by atoms with Crippen molar-refractivity contribution in [3.05, 3.63) is 33.9 Å². The number of aliphatic hydroxyl groups is 1. The van der Waals surface area contributed by atoms with Crippen molar-refractivity contribution in [2.75, 3.05) is 24.6 Å². The maximum Gasteiger partial charge on any atom is 0.270 e. The van der Waals surface area contributed by atoms with E-state index in [4.69, 9.17) is 10.4 Å². The van der Waals surface area contributed by atoms with Crippen molar-refractivity contribution < 1.29 is 10.0 Å². The monoisotopic (exact) mass is 261 g/mol. The van der Waals surface area contributed by atoms with Crippen molar-refractivity contribution in [3.8, 4) is 6.07 Å². The van der Waals surface area contributed by atoms with Gasteiger partial charge in [-0.15, -0.1) is 0 Å². The molecule has 6 heteroatoms. The molecular weight excluding hydrogens is 246 g/mol. The summed E-state index contributed by atoms with van der Waals surface area (Å²) in [7, 11) is 0. The van der Waals surface area contributed by atoms with Crippen LogP contribution in [0.4, 0.5) is 11.4 Å². The highest BCUT2D eigenvalue weighted by molar-refractivity contribution is 5.63. The molecule has 1 aromatic rings. The number of nitriles is 1. The highest BCUT2D eigenvalue weighted by Crippen LogP contribution is 2.28. The third-order valence-electron chi connectivity index (χ3n) is 3.52. The Morgan fingerprint density at radius 3 is 2.68 bits per heavy atom. The summed E-state index contributed by atoms with van der Waals surface area (Å²) >= 11 is 0. The predicted molar refractivity (Wildman–Crippen MR) is 69.8 cm³/mol. The Morgan fingerprint density at radius 1 is 1.47 bits per heavy atom. The number of nitro benzene ring substituents is 1. The van der Waals surface area contributed by atoms with Crippen LogP contribution in [0, 0.1) is 27.4 Å². The lowest BCUT2D eigenvalue weighted by Gasteiger charge is -2.33. The molecule has 0 spiro atoms. The first kappa shape index (κ1) is 13.3. The molecular formula is C13H15N3O3. The van der Waals surface area contributed by atoms with E-state index in [1.807, 2.05) is 6.07 Å². The van der Waals surface area contributed by atoms with Gasteiger partial charge in [-0.25, -0.2) is 0 Å². The molecule has 1 heterocycles. The number of benzene rings is 1. The van der Waals surface area contributed by atoms with E-state index in [9.17, 15) is 10.1 Å². The van der Waals surface area contributed by atoms with Gasteiger partial charge in [0, 0.05) is 31.8 Å². The third-order valence-corrected chi connectivity index (χ3v) is 3.52. The molecule has 0 saturated carbocycles. The summed E-state index contributed by atoms with van der Waals surface area (Å²) in [6, 6.07) is 6.39. The topological polar surface area (TPSA) is 90.4 Å². The van der Waals surface area contributed by atoms with Crippen LogP contribution in [0.2, 0.25) is 0 Å². The standard InChI is InChI=1S/C13H15N3O3/c14-8-11-7-12(16(18)19)1-2-13(11)15-5-3-10(9-17)4-6-15/h1-2,7,10,17H,3-6,9H2. The van der Waals surface area contributed by atoms with E-state index >= 15 is 0 Å². The van der Waals surface area contributed by atoms with Crippen molar-refractivity contribution in [2.45, 2.75) is 12.8 Å². The number of anilines is 1. The van der Waals surface area contributed by atoms with Crippen LogP contribution in [-0.4, -0.2) is 29.7 Å². The Labute approximate surface area is 111 Å². The number of nitro groups is 1. The third kappa shape index (κ3) is 2.83. The van der Waals surface area contributed by atoms with Gasteiger partial charge in [-0.1, -0.05) is 0 Å². The summed E-state index contributed by atoms with van der Waals surface area (Å²) in [5.41, 5.74) is 1.01. The molecule has 0 unspecified atom stereocenters. The number of rotatable bonds is 3. The molecule has 1 aromatic carbocycles. The molecule has 1 aliphatic heterocycles. The van der Waals surface area contributed by atoms with Gasteiger partial charge in [-0.3, -0.25) is 10.1 Å². The van der Waals surface area contributed by atoms with E-state index in [2.05, 4.69) is 4.90 Å². The highest BCUT2D eigenvalue weighted by atomic mass is 16.6.